The lowest BCUT2D eigenvalue weighted by atomic mass is 9.84. The summed E-state index contributed by atoms with van der Waals surface area (Å²) in [5, 5.41) is 0. The number of hydrogen-bond donors (Lipinski definition) is 0. The smallest absolute Gasteiger partial charge is 0.309 e. The van der Waals surface area contributed by atoms with Gasteiger partial charge in [0.25, 0.3) is 0 Å². The van der Waals surface area contributed by atoms with E-state index in [1.165, 1.54) is 38.5 Å². The van der Waals surface area contributed by atoms with Gasteiger partial charge < -0.3 is 9.47 Å². The summed E-state index contributed by atoms with van der Waals surface area (Å²) in [5.41, 5.74) is 0. The van der Waals surface area contributed by atoms with E-state index < -0.39 is 0 Å². The molecule has 0 fully saturated rings. The standard InChI is InChI=1S/C24H46O4/c1-5-19-27-23(25)18-16-14-12-10-9-11-13-15-17-21(7-3)22(8-4)24(26)28-20-6-2/h21-22H,5-20H2,1-4H3. The maximum absolute atomic E-state index is 12.2. The second-order valence-corrected chi connectivity index (χ2v) is 7.94. The molecule has 0 saturated carbocycles. The number of carbonyl (C=O) groups excluding carboxylic acids is 2. The minimum atomic E-state index is -0.0451. The first kappa shape index (κ1) is 26.9. The van der Waals surface area contributed by atoms with Crippen LogP contribution in [0, 0.1) is 11.8 Å². The third-order valence-corrected chi connectivity index (χ3v) is 5.46. The van der Waals surface area contributed by atoms with Crippen LogP contribution in [0.4, 0.5) is 0 Å². The van der Waals surface area contributed by atoms with Gasteiger partial charge in [-0.3, -0.25) is 9.59 Å². The third kappa shape index (κ3) is 14.0. The van der Waals surface area contributed by atoms with E-state index in [4.69, 9.17) is 9.47 Å². The van der Waals surface area contributed by atoms with Gasteiger partial charge in [0.15, 0.2) is 0 Å². The van der Waals surface area contributed by atoms with Gasteiger partial charge in [-0.2, -0.15) is 0 Å². The third-order valence-electron chi connectivity index (χ3n) is 5.46. The Labute approximate surface area is 174 Å². The second-order valence-electron chi connectivity index (χ2n) is 7.94. The first-order chi connectivity index (χ1) is 13.6. The molecule has 0 aliphatic carbocycles. The van der Waals surface area contributed by atoms with E-state index in [0.29, 0.717) is 25.6 Å². The van der Waals surface area contributed by atoms with Crippen LogP contribution < -0.4 is 0 Å². The van der Waals surface area contributed by atoms with E-state index in [-0.39, 0.29) is 17.9 Å². The summed E-state index contributed by atoms with van der Waals surface area (Å²) in [5.74, 6) is 0.494. The lowest BCUT2D eigenvalue weighted by molar-refractivity contribution is -0.151. The number of ether oxygens (including phenoxy) is 2. The van der Waals surface area contributed by atoms with Gasteiger partial charge in [-0.1, -0.05) is 79.1 Å². The van der Waals surface area contributed by atoms with E-state index >= 15 is 0 Å². The molecule has 0 aromatic rings. The van der Waals surface area contributed by atoms with E-state index in [1.54, 1.807) is 0 Å². The number of rotatable bonds is 19. The average molecular weight is 399 g/mol. The average Bonchev–Trinajstić information content (AvgIpc) is 2.70. The monoisotopic (exact) mass is 398 g/mol. The van der Waals surface area contributed by atoms with Crippen LogP contribution in [0.25, 0.3) is 0 Å². The van der Waals surface area contributed by atoms with Crippen molar-refractivity contribution in [3.05, 3.63) is 0 Å². The van der Waals surface area contributed by atoms with Crippen LogP contribution in [0.5, 0.6) is 0 Å². The van der Waals surface area contributed by atoms with Gasteiger partial charge in [0.1, 0.15) is 0 Å². The Morgan fingerprint density at radius 3 is 1.75 bits per heavy atom. The summed E-state index contributed by atoms with van der Waals surface area (Å²) in [4.78, 5) is 23.6. The molecule has 0 saturated heterocycles. The number of unbranched alkanes of at least 4 members (excludes halogenated alkanes) is 7. The largest absolute Gasteiger partial charge is 0.466 e. The highest BCUT2D eigenvalue weighted by Crippen LogP contribution is 2.27. The molecule has 2 unspecified atom stereocenters. The molecule has 0 spiro atoms. The Morgan fingerprint density at radius 2 is 1.21 bits per heavy atom. The highest BCUT2D eigenvalue weighted by atomic mass is 16.5. The summed E-state index contributed by atoms with van der Waals surface area (Å²) >= 11 is 0. The molecule has 0 aliphatic heterocycles. The van der Waals surface area contributed by atoms with Gasteiger partial charge in [0.2, 0.25) is 0 Å². The van der Waals surface area contributed by atoms with Crippen molar-refractivity contribution in [2.75, 3.05) is 13.2 Å². The van der Waals surface area contributed by atoms with E-state index in [9.17, 15) is 9.59 Å². The number of esters is 2. The van der Waals surface area contributed by atoms with Crippen molar-refractivity contribution in [3.8, 4) is 0 Å². The van der Waals surface area contributed by atoms with Crippen molar-refractivity contribution in [1.29, 1.82) is 0 Å². The number of carbonyl (C=O) groups is 2. The zero-order valence-corrected chi connectivity index (χ0v) is 19.1. The Balaban J connectivity index is 3.71. The fourth-order valence-electron chi connectivity index (χ4n) is 3.72. The van der Waals surface area contributed by atoms with Crippen LogP contribution in [0.1, 0.15) is 118 Å². The minimum absolute atomic E-state index is 0.00905. The molecule has 0 aliphatic rings. The summed E-state index contributed by atoms with van der Waals surface area (Å²) in [7, 11) is 0. The zero-order valence-electron chi connectivity index (χ0n) is 19.1. The summed E-state index contributed by atoms with van der Waals surface area (Å²) < 4.78 is 10.5. The highest BCUT2D eigenvalue weighted by molar-refractivity contribution is 5.72. The molecular formula is C24H46O4. The van der Waals surface area contributed by atoms with Gasteiger partial charge in [-0.05, 0) is 38.0 Å². The van der Waals surface area contributed by atoms with Crippen molar-refractivity contribution in [2.45, 2.75) is 118 Å². The molecule has 0 aromatic carbocycles. The summed E-state index contributed by atoms with van der Waals surface area (Å²) in [6, 6.07) is 0. The Kier molecular flexibility index (Phi) is 18.5. The molecule has 0 amide bonds. The maximum Gasteiger partial charge on any atom is 0.309 e. The lowest BCUT2D eigenvalue weighted by Gasteiger charge is -2.23. The Bertz CT molecular complexity index is 381. The SMILES string of the molecule is CCCOC(=O)CCCCCCCCCCC(CC)C(CC)C(=O)OCCC. The van der Waals surface area contributed by atoms with E-state index in [2.05, 4.69) is 13.8 Å². The van der Waals surface area contributed by atoms with Crippen molar-refractivity contribution in [2.24, 2.45) is 11.8 Å². The predicted molar refractivity (Wildman–Crippen MR) is 116 cm³/mol. The predicted octanol–water partition coefficient (Wildman–Crippen LogP) is 6.85. The van der Waals surface area contributed by atoms with Gasteiger partial charge >= 0.3 is 11.9 Å². The quantitative estimate of drug-likeness (QED) is 0.176. The normalized spacial score (nSPS) is 13.1. The maximum atomic E-state index is 12.2. The Morgan fingerprint density at radius 1 is 0.679 bits per heavy atom. The van der Waals surface area contributed by atoms with Crippen molar-refractivity contribution < 1.29 is 19.1 Å². The molecule has 2 atom stereocenters. The van der Waals surface area contributed by atoms with Gasteiger partial charge in [-0.25, -0.2) is 0 Å². The van der Waals surface area contributed by atoms with Crippen LogP contribution in [-0.2, 0) is 19.1 Å². The van der Waals surface area contributed by atoms with Crippen molar-refractivity contribution in [3.63, 3.8) is 0 Å². The van der Waals surface area contributed by atoms with Crippen LogP contribution in [0.15, 0.2) is 0 Å². The van der Waals surface area contributed by atoms with Crippen LogP contribution in [0.2, 0.25) is 0 Å². The molecular weight excluding hydrogens is 352 g/mol. The molecule has 0 N–H and O–H groups in total. The minimum Gasteiger partial charge on any atom is -0.466 e. The fraction of sp³-hybridized carbons (Fsp3) is 0.917. The molecule has 28 heavy (non-hydrogen) atoms. The van der Waals surface area contributed by atoms with Gasteiger partial charge in [-0.15, -0.1) is 0 Å². The summed E-state index contributed by atoms with van der Waals surface area (Å²) in [6.07, 6.45) is 15.0. The zero-order chi connectivity index (χ0) is 21.0. The van der Waals surface area contributed by atoms with Crippen LogP contribution in [0.3, 0.4) is 0 Å². The molecule has 0 radical (unpaired) electrons. The molecule has 0 aromatic heterocycles. The van der Waals surface area contributed by atoms with Crippen molar-refractivity contribution >= 4 is 11.9 Å². The van der Waals surface area contributed by atoms with Crippen LogP contribution >= 0.6 is 0 Å². The molecule has 0 rings (SSSR count). The molecule has 4 heteroatoms. The summed E-state index contributed by atoms with van der Waals surface area (Å²) in [6.45, 7) is 9.44. The van der Waals surface area contributed by atoms with E-state index in [0.717, 1.165) is 44.9 Å². The molecule has 166 valence electrons. The molecule has 4 nitrogen and oxygen atoms in total. The molecule has 0 heterocycles. The van der Waals surface area contributed by atoms with Crippen LogP contribution in [-0.4, -0.2) is 25.2 Å². The number of hydrogen-bond acceptors (Lipinski definition) is 4. The second kappa shape index (κ2) is 19.3. The topological polar surface area (TPSA) is 52.6 Å². The van der Waals surface area contributed by atoms with E-state index in [1.807, 2.05) is 13.8 Å². The first-order valence-corrected chi connectivity index (χ1v) is 11.9. The first-order valence-electron chi connectivity index (χ1n) is 11.9. The van der Waals surface area contributed by atoms with Crippen molar-refractivity contribution in [1.82, 2.24) is 0 Å². The Hall–Kier alpha value is -1.06. The molecule has 0 bridgehead atoms. The van der Waals surface area contributed by atoms with Gasteiger partial charge in [0, 0.05) is 6.42 Å². The van der Waals surface area contributed by atoms with Gasteiger partial charge in [0.05, 0.1) is 19.1 Å². The lowest BCUT2D eigenvalue weighted by Crippen LogP contribution is -2.25. The highest BCUT2D eigenvalue weighted by Gasteiger charge is 2.26. The fourth-order valence-corrected chi connectivity index (χ4v) is 3.72.